The summed E-state index contributed by atoms with van der Waals surface area (Å²) in [6.45, 7) is 3.70. The van der Waals surface area contributed by atoms with Crippen LogP contribution >= 0.6 is 0 Å². The highest BCUT2D eigenvalue weighted by atomic mass is 16.3. The molecule has 148 valence electrons. The van der Waals surface area contributed by atoms with Crippen molar-refractivity contribution in [3.63, 3.8) is 0 Å². The van der Waals surface area contributed by atoms with Gasteiger partial charge in [0.25, 0.3) is 6.47 Å². The highest BCUT2D eigenvalue weighted by molar-refractivity contribution is 5.93. The topological polar surface area (TPSA) is 125 Å². The number of benzene rings is 1. The molecule has 1 aromatic carbocycles. The first kappa shape index (κ1) is 19.7. The largest absolute Gasteiger partial charge is 0.483 e. The van der Waals surface area contributed by atoms with Gasteiger partial charge in [0.2, 0.25) is 5.91 Å². The molecule has 0 aliphatic rings. The number of nitrogens with one attached hydrogen (secondary N) is 2. The van der Waals surface area contributed by atoms with Crippen LogP contribution in [0.25, 0.3) is 17.0 Å². The quantitative estimate of drug-likeness (QED) is 0.459. The average molecular weight is 392 g/mol. The number of carbonyl (C=O) groups excluding carboxylic acids is 1. The minimum absolute atomic E-state index is 0.0754. The van der Waals surface area contributed by atoms with E-state index in [9.17, 15) is 4.79 Å². The van der Waals surface area contributed by atoms with Crippen molar-refractivity contribution in [2.24, 2.45) is 0 Å². The Morgan fingerprint density at radius 1 is 1.28 bits per heavy atom. The van der Waals surface area contributed by atoms with Gasteiger partial charge in [-0.1, -0.05) is 30.3 Å². The summed E-state index contributed by atoms with van der Waals surface area (Å²) in [5, 5.41) is 16.6. The molecule has 9 nitrogen and oxygen atoms in total. The van der Waals surface area contributed by atoms with Crippen LogP contribution < -0.4 is 5.32 Å². The third-order valence-electron chi connectivity index (χ3n) is 4.36. The molecule has 0 saturated heterocycles. The van der Waals surface area contributed by atoms with Gasteiger partial charge in [-0.3, -0.25) is 14.7 Å². The molecule has 4 aromatic rings. The molecule has 3 N–H and O–H groups in total. The first-order valence-electron chi connectivity index (χ1n) is 8.80. The van der Waals surface area contributed by atoms with Crippen LogP contribution in [0, 0.1) is 13.8 Å². The van der Waals surface area contributed by atoms with E-state index in [4.69, 9.17) is 9.90 Å². The number of aromatic amines is 1. The minimum Gasteiger partial charge on any atom is -0.483 e. The zero-order valence-corrected chi connectivity index (χ0v) is 16.0. The molecule has 4 rings (SSSR count). The summed E-state index contributed by atoms with van der Waals surface area (Å²) in [5.74, 6) is 0.535. The van der Waals surface area contributed by atoms with Gasteiger partial charge >= 0.3 is 0 Å². The van der Waals surface area contributed by atoms with Crippen LogP contribution in [0.2, 0.25) is 0 Å². The highest BCUT2D eigenvalue weighted by Crippen LogP contribution is 2.26. The lowest BCUT2D eigenvalue weighted by Gasteiger charge is -2.09. The Morgan fingerprint density at radius 3 is 2.66 bits per heavy atom. The molecule has 0 saturated carbocycles. The van der Waals surface area contributed by atoms with E-state index >= 15 is 0 Å². The maximum atomic E-state index is 12.4. The van der Waals surface area contributed by atoms with Crippen molar-refractivity contribution >= 4 is 23.7 Å². The predicted octanol–water partition coefficient (Wildman–Crippen LogP) is 2.62. The third kappa shape index (κ3) is 4.46. The number of aryl methyl sites for hydroxylation is 2. The number of carboxylic acid groups (broad SMARTS) is 1. The SMILES string of the molecule is Cc1nc2c(-c3ncn[nH]3)cc(NC(=O)Cc3ccccc3)cn2c1C.O=CO. The Morgan fingerprint density at radius 2 is 2.00 bits per heavy atom. The van der Waals surface area contributed by atoms with Crippen LogP contribution in [0.4, 0.5) is 5.69 Å². The van der Waals surface area contributed by atoms with E-state index < -0.39 is 0 Å². The Labute approximate surface area is 166 Å². The summed E-state index contributed by atoms with van der Waals surface area (Å²) in [4.78, 5) is 29.6. The molecular formula is C20H20N6O3. The summed E-state index contributed by atoms with van der Waals surface area (Å²) in [6.07, 6.45) is 3.65. The van der Waals surface area contributed by atoms with Gasteiger partial charge in [0.1, 0.15) is 12.0 Å². The zero-order valence-electron chi connectivity index (χ0n) is 16.0. The number of fused-ring (bicyclic) bond motifs is 1. The van der Waals surface area contributed by atoms with Gasteiger partial charge in [-0.2, -0.15) is 5.10 Å². The summed E-state index contributed by atoms with van der Waals surface area (Å²) in [7, 11) is 0. The second-order valence-corrected chi connectivity index (χ2v) is 6.27. The van der Waals surface area contributed by atoms with Gasteiger partial charge < -0.3 is 14.8 Å². The van der Waals surface area contributed by atoms with E-state index in [0.29, 0.717) is 17.9 Å². The summed E-state index contributed by atoms with van der Waals surface area (Å²) in [5.41, 5.74) is 5.16. The molecule has 0 atom stereocenters. The Hall–Kier alpha value is -4.01. The summed E-state index contributed by atoms with van der Waals surface area (Å²) in [6, 6.07) is 11.5. The number of rotatable bonds is 4. The molecule has 29 heavy (non-hydrogen) atoms. The van der Waals surface area contributed by atoms with E-state index in [1.807, 2.05) is 60.8 Å². The van der Waals surface area contributed by atoms with Crippen LogP contribution in [0.15, 0.2) is 48.9 Å². The molecule has 3 aromatic heterocycles. The fourth-order valence-corrected chi connectivity index (χ4v) is 2.94. The number of H-pyrrole nitrogens is 1. The minimum atomic E-state index is -0.250. The van der Waals surface area contributed by atoms with Crippen molar-refractivity contribution in [1.29, 1.82) is 0 Å². The molecule has 9 heteroatoms. The molecule has 1 amide bonds. The van der Waals surface area contributed by atoms with Crippen molar-refractivity contribution in [2.75, 3.05) is 5.32 Å². The molecule has 0 aliphatic heterocycles. The lowest BCUT2D eigenvalue weighted by molar-refractivity contribution is -0.123. The number of carbonyl (C=O) groups is 2. The van der Waals surface area contributed by atoms with E-state index in [1.165, 1.54) is 6.33 Å². The fraction of sp³-hybridized carbons (Fsp3) is 0.150. The van der Waals surface area contributed by atoms with Crippen molar-refractivity contribution in [3.8, 4) is 11.4 Å². The summed E-state index contributed by atoms with van der Waals surface area (Å²) < 4.78 is 1.96. The second-order valence-electron chi connectivity index (χ2n) is 6.27. The van der Waals surface area contributed by atoms with Crippen LogP contribution in [-0.2, 0) is 16.0 Å². The maximum Gasteiger partial charge on any atom is 0.290 e. The van der Waals surface area contributed by atoms with Gasteiger partial charge in [0.05, 0.1) is 23.4 Å². The highest BCUT2D eigenvalue weighted by Gasteiger charge is 2.15. The Balaban J connectivity index is 0.000000755. The molecule has 0 aliphatic carbocycles. The van der Waals surface area contributed by atoms with Crippen LogP contribution in [0.1, 0.15) is 17.0 Å². The zero-order chi connectivity index (χ0) is 20.8. The van der Waals surface area contributed by atoms with Gasteiger partial charge in [0.15, 0.2) is 5.82 Å². The first-order chi connectivity index (χ1) is 14.0. The Bertz CT molecular complexity index is 1120. The van der Waals surface area contributed by atoms with Gasteiger partial charge in [0, 0.05) is 11.9 Å². The van der Waals surface area contributed by atoms with Crippen LogP contribution in [0.3, 0.4) is 0 Å². The van der Waals surface area contributed by atoms with Crippen molar-refractivity contribution < 1.29 is 14.7 Å². The van der Waals surface area contributed by atoms with Gasteiger partial charge in [-0.25, -0.2) is 9.97 Å². The molecule has 0 unspecified atom stereocenters. The standard InChI is InChI=1S/C19H18N6O.CH2O2/c1-12-13(2)25-10-15(23-17(26)8-14-6-4-3-5-7-14)9-16(19(25)22-12)18-20-11-21-24-18;2-1-3/h3-7,9-11H,8H2,1-2H3,(H,23,26)(H,20,21,24);1H,(H,2,3). The molecule has 0 spiro atoms. The van der Waals surface area contributed by atoms with Crippen LogP contribution in [-0.4, -0.2) is 42.1 Å². The normalized spacial score (nSPS) is 10.3. The monoisotopic (exact) mass is 392 g/mol. The molecule has 0 radical (unpaired) electrons. The third-order valence-corrected chi connectivity index (χ3v) is 4.36. The fourth-order valence-electron chi connectivity index (χ4n) is 2.94. The van der Waals surface area contributed by atoms with Crippen molar-refractivity contribution in [3.05, 3.63) is 65.9 Å². The molecule has 3 heterocycles. The van der Waals surface area contributed by atoms with E-state index in [1.54, 1.807) is 0 Å². The number of pyridine rings is 1. The van der Waals surface area contributed by atoms with Crippen molar-refractivity contribution in [2.45, 2.75) is 20.3 Å². The summed E-state index contributed by atoms with van der Waals surface area (Å²) >= 11 is 0. The predicted molar refractivity (Wildman–Crippen MR) is 108 cm³/mol. The number of hydrogen-bond acceptors (Lipinski definition) is 5. The van der Waals surface area contributed by atoms with E-state index in [-0.39, 0.29) is 12.4 Å². The number of aromatic nitrogens is 5. The number of anilines is 1. The van der Waals surface area contributed by atoms with E-state index in [2.05, 4.69) is 25.5 Å². The van der Waals surface area contributed by atoms with Gasteiger partial charge in [-0.05, 0) is 25.5 Å². The number of nitrogens with zero attached hydrogens (tertiary/aromatic N) is 4. The molecular weight excluding hydrogens is 372 g/mol. The smallest absolute Gasteiger partial charge is 0.290 e. The lowest BCUT2D eigenvalue weighted by atomic mass is 10.1. The molecule has 0 fully saturated rings. The number of imidazole rings is 1. The average Bonchev–Trinajstić information content (AvgIpc) is 3.32. The first-order valence-corrected chi connectivity index (χ1v) is 8.80. The Kier molecular flexibility index (Phi) is 5.98. The number of hydrogen-bond donors (Lipinski definition) is 3. The van der Waals surface area contributed by atoms with E-state index in [0.717, 1.165) is 28.2 Å². The maximum absolute atomic E-state index is 12.4. The second kappa shape index (κ2) is 8.79. The van der Waals surface area contributed by atoms with Crippen molar-refractivity contribution in [1.82, 2.24) is 24.6 Å². The molecule has 0 bridgehead atoms. The van der Waals surface area contributed by atoms with Crippen LogP contribution in [0.5, 0.6) is 0 Å². The van der Waals surface area contributed by atoms with Gasteiger partial charge in [-0.15, -0.1) is 0 Å². The lowest BCUT2D eigenvalue weighted by Crippen LogP contribution is -2.15. The number of amides is 1.